The second-order valence-electron chi connectivity index (χ2n) is 6.72. The first-order valence-corrected chi connectivity index (χ1v) is 10.6. The summed E-state index contributed by atoms with van der Waals surface area (Å²) in [7, 11) is -2.01. The van der Waals surface area contributed by atoms with Gasteiger partial charge in [0.05, 0.1) is 11.2 Å². The summed E-state index contributed by atoms with van der Waals surface area (Å²) in [5.41, 5.74) is 4.71. The van der Waals surface area contributed by atoms with Crippen LogP contribution in [0.1, 0.15) is 53.0 Å². The Labute approximate surface area is 163 Å². The molecule has 1 heterocycles. The number of hydrogen-bond donors (Lipinski definition) is 2. The number of nitrogens with zero attached hydrogens (tertiary/aromatic N) is 1. The minimum atomic E-state index is -3.62. The molecule has 150 valence electrons. The van der Waals surface area contributed by atoms with E-state index in [1.165, 1.54) is 40.9 Å². The van der Waals surface area contributed by atoms with Gasteiger partial charge in [-0.15, -0.1) is 0 Å². The second kappa shape index (κ2) is 8.57. The first-order chi connectivity index (χ1) is 13.4. The van der Waals surface area contributed by atoms with Gasteiger partial charge in [0.1, 0.15) is 0 Å². The molecule has 0 radical (unpaired) electrons. The third-order valence-electron chi connectivity index (χ3n) is 4.92. The van der Waals surface area contributed by atoms with E-state index in [-0.39, 0.29) is 22.3 Å². The molecule has 0 bridgehead atoms. The number of hydrogen-bond acceptors (Lipinski definition) is 5. The lowest BCUT2D eigenvalue weighted by Crippen LogP contribution is -2.41. The Hall–Kier alpha value is -2.65. The van der Waals surface area contributed by atoms with Crippen molar-refractivity contribution in [2.75, 3.05) is 7.05 Å². The quantitative estimate of drug-likeness (QED) is 0.742. The number of nitrogens with one attached hydrogen (secondary N) is 2. The predicted octanol–water partition coefficient (Wildman–Crippen LogP) is 2.31. The zero-order valence-electron chi connectivity index (χ0n) is 15.6. The summed E-state index contributed by atoms with van der Waals surface area (Å²) in [6, 6.07) is 8.66. The number of carbonyl (C=O) groups excluding carboxylic acids is 2. The van der Waals surface area contributed by atoms with Crippen molar-refractivity contribution in [1.29, 1.82) is 0 Å². The van der Waals surface area contributed by atoms with Gasteiger partial charge in [-0.05, 0) is 49.2 Å². The average molecular weight is 405 g/mol. The van der Waals surface area contributed by atoms with Crippen LogP contribution in [0.2, 0.25) is 0 Å². The average Bonchev–Trinajstić information content (AvgIpc) is 3.27. The van der Waals surface area contributed by atoms with Gasteiger partial charge in [-0.2, -0.15) is 4.31 Å². The number of amides is 2. The van der Waals surface area contributed by atoms with Crippen molar-refractivity contribution in [3.05, 3.63) is 54.0 Å². The Morgan fingerprint density at radius 3 is 2.25 bits per heavy atom. The minimum absolute atomic E-state index is 0.0125. The van der Waals surface area contributed by atoms with Crippen molar-refractivity contribution >= 4 is 21.8 Å². The zero-order valence-corrected chi connectivity index (χ0v) is 16.4. The smallest absolute Gasteiger partial charge is 0.305 e. The predicted molar refractivity (Wildman–Crippen MR) is 102 cm³/mol. The highest BCUT2D eigenvalue weighted by atomic mass is 32.2. The van der Waals surface area contributed by atoms with E-state index < -0.39 is 21.8 Å². The number of rotatable bonds is 5. The summed E-state index contributed by atoms with van der Waals surface area (Å²) >= 11 is 0. The van der Waals surface area contributed by atoms with Crippen molar-refractivity contribution in [2.24, 2.45) is 0 Å². The lowest BCUT2D eigenvalue weighted by atomic mass is 9.96. The first kappa shape index (κ1) is 20.1. The van der Waals surface area contributed by atoms with E-state index in [2.05, 4.69) is 10.9 Å². The highest BCUT2D eigenvalue weighted by Gasteiger charge is 2.29. The van der Waals surface area contributed by atoms with E-state index >= 15 is 0 Å². The molecular formula is C19H23N3O5S. The molecule has 0 spiro atoms. The fraction of sp³-hybridized carbons (Fsp3) is 0.368. The molecule has 2 amide bonds. The van der Waals surface area contributed by atoms with Gasteiger partial charge in [-0.25, -0.2) is 8.42 Å². The van der Waals surface area contributed by atoms with Gasteiger partial charge in [0.15, 0.2) is 5.76 Å². The number of carbonyl (C=O) groups is 2. The van der Waals surface area contributed by atoms with Crippen LogP contribution in [-0.2, 0) is 10.0 Å². The van der Waals surface area contributed by atoms with Crippen LogP contribution in [0.25, 0.3) is 0 Å². The van der Waals surface area contributed by atoms with Crippen LogP contribution >= 0.6 is 0 Å². The highest BCUT2D eigenvalue weighted by molar-refractivity contribution is 7.89. The molecule has 0 aliphatic heterocycles. The lowest BCUT2D eigenvalue weighted by molar-refractivity contribution is 0.0831. The van der Waals surface area contributed by atoms with E-state index in [4.69, 9.17) is 4.42 Å². The van der Waals surface area contributed by atoms with E-state index in [9.17, 15) is 18.0 Å². The van der Waals surface area contributed by atoms with Crippen LogP contribution in [0.15, 0.2) is 52.0 Å². The first-order valence-electron chi connectivity index (χ1n) is 9.12. The summed E-state index contributed by atoms with van der Waals surface area (Å²) in [5, 5.41) is 0. The molecule has 1 aliphatic carbocycles. The molecule has 1 fully saturated rings. The number of hydrazine groups is 1. The van der Waals surface area contributed by atoms with E-state index in [1.807, 2.05) is 0 Å². The van der Waals surface area contributed by atoms with Gasteiger partial charge in [0.25, 0.3) is 5.91 Å². The molecule has 2 aromatic rings. The molecule has 1 aromatic heterocycles. The maximum Gasteiger partial charge on any atom is 0.305 e. The van der Waals surface area contributed by atoms with Crippen LogP contribution in [-0.4, -0.2) is 37.6 Å². The molecule has 28 heavy (non-hydrogen) atoms. The van der Waals surface area contributed by atoms with E-state index in [0.29, 0.717) is 0 Å². The van der Waals surface area contributed by atoms with Crippen molar-refractivity contribution < 1.29 is 22.4 Å². The molecule has 9 heteroatoms. The maximum absolute atomic E-state index is 12.8. The third-order valence-corrected chi connectivity index (χ3v) is 6.84. The molecule has 0 unspecified atom stereocenters. The summed E-state index contributed by atoms with van der Waals surface area (Å²) in [4.78, 5) is 24.0. The number of sulfonamides is 1. The van der Waals surface area contributed by atoms with Gasteiger partial charge in [-0.1, -0.05) is 19.3 Å². The largest absolute Gasteiger partial charge is 0.459 e. The molecule has 2 N–H and O–H groups in total. The van der Waals surface area contributed by atoms with Crippen LogP contribution in [0.5, 0.6) is 0 Å². The van der Waals surface area contributed by atoms with Crippen molar-refractivity contribution in [3.8, 4) is 0 Å². The third kappa shape index (κ3) is 4.42. The second-order valence-corrected chi connectivity index (χ2v) is 8.72. The fourth-order valence-electron chi connectivity index (χ4n) is 3.24. The molecule has 1 aliphatic rings. The Balaban J connectivity index is 1.63. The SMILES string of the molecule is CN(C1CCCCC1)S(=O)(=O)c1ccc(C(=O)NNC(=O)c2ccco2)cc1. The number of furan rings is 1. The van der Waals surface area contributed by atoms with Crippen LogP contribution in [0.4, 0.5) is 0 Å². The van der Waals surface area contributed by atoms with Crippen LogP contribution < -0.4 is 10.9 Å². The topological polar surface area (TPSA) is 109 Å². The zero-order chi connectivity index (χ0) is 20.1. The Morgan fingerprint density at radius 1 is 1.00 bits per heavy atom. The van der Waals surface area contributed by atoms with Crippen molar-refractivity contribution in [1.82, 2.24) is 15.2 Å². The highest BCUT2D eigenvalue weighted by Crippen LogP contribution is 2.26. The number of benzene rings is 1. The van der Waals surface area contributed by atoms with E-state index in [0.717, 1.165) is 32.1 Å². The van der Waals surface area contributed by atoms with Crippen molar-refractivity contribution in [2.45, 2.75) is 43.0 Å². The molecule has 1 aromatic carbocycles. The Kier molecular flexibility index (Phi) is 6.15. The maximum atomic E-state index is 12.8. The minimum Gasteiger partial charge on any atom is -0.459 e. The van der Waals surface area contributed by atoms with Gasteiger partial charge < -0.3 is 4.42 Å². The summed E-state index contributed by atoms with van der Waals surface area (Å²) in [6.07, 6.45) is 6.29. The molecule has 0 saturated heterocycles. The molecule has 1 saturated carbocycles. The van der Waals surface area contributed by atoms with Gasteiger partial charge in [0.2, 0.25) is 10.0 Å². The molecule has 8 nitrogen and oxygen atoms in total. The van der Waals surface area contributed by atoms with E-state index in [1.54, 1.807) is 13.1 Å². The Morgan fingerprint density at radius 2 is 1.64 bits per heavy atom. The Bertz CT molecular complexity index is 917. The summed E-state index contributed by atoms with van der Waals surface area (Å²) in [6.45, 7) is 0. The summed E-state index contributed by atoms with van der Waals surface area (Å²) < 4.78 is 32.0. The normalized spacial score (nSPS) is 15.4. The summed E-state index contributed by atoms with van der Waals surface area (Å²) in [5.74, 6) is -1.09. The van der Waals surface area contributed by atoms with Crippen LogP contribution in [0.3, 0.4) is 0 Å². The molecule has 0 atom stereocenters. The fourth-order valence-corrected chi connectivity index (χ4v) is 4.66. The molecular weight excluding hydrogens is 382 g/mol. The molecule has 3 rings (SSSR count). The monoisotopic (exact) mass is 405 g/mol. The lowest BCUT2D eigenvalue weighted by Gasteiger charge is -2.30. The van der Waals surface area contributed by atoms with Crippen LogP contribution in [0, 0.1) is 0 Å². The van der Waals surface area contributed by atoms with Crippen molar-refractivity contribution in [3.63, 3.8) is 0 Å². The van der Waals surface area contributed by atoms with Gasteiger partial charge in [-0.3, -0.25) is 20.4 Å². The standard InChI is InChI=1S/C19H23N3O5S/c1-22(15-6-3-2-4-7-15)28(25,26)16-11-9-14(10-12-16)18(23)20-21-19(24)17-8-5-13-27-17/h5,8-13,15H,2-4,6-7H2,1H3,(H,20,23)(H,21,24). The van der Waals surface area contributed by atoms with Gasteiger partial charge in [0, 0.05) is 18.7 Å². The van der Waals surface area contributed by atoms with Gasteiger partial charge >= 0.3 is 5.91 Å².